The second-order valence-corrected chi connectivity index (χ2v) is 8.04. The molecule has 0 radical (unpaired) electrons. The van der Waals surface area contributed by atoms with Gasteiger partial charge < -0.3 is 4.90 Å². The highest BCUT2D eigenvalue weighted by Crippen LogP contribution is 2.51. The third-order valence-corrected chi connectivity index (χ3v) is 6.15. The molecule has 1 aromatic heterocycles. The third-order valence-electron chi connectivity index (χ3n) is 5.20. The molecule has 4 heteroatoms. The summed E-state index contributed by atoms with van der Waals surface area (Å²) in [7, 11) is 4.31. The molecule has 0 N–H and O–H groups in total. The number of hydrogen-bond donors (Lipinski definition) is 0. The van der Waals surface area contributed by atoms with Gasteiger partial charge in [0.15, 0.2) is 0 Å². The molecule has 2 atom stereocenters. The van der Waals surface area contributed by atoms with Gasteiger partial charge in [-0.2, -0.15) is 0 Å². The van der Waals surface area contributed by atoms with Gasteiger partial charge in [0.1, 0.15) is 5.82 Å². The summed E-state index contributed by atoms with van der Waals surface area (Å²) in [6, 6.07) is 5.25. The molecule has 2 aliphatic rings. The number of hydrogen-bond acceptors (Lipinski definition) is 2. The number of nitrogens with zero attached hydrogens (tertiary/aromatic N) is 1. The molecule has 1 aromatic carbocycles. The van der Waals surface area contributed by atoms with E-state index in [0.29, 0.717) is 0 Å². The maximum absolute atomic E-state index is 13.5. The summed E-state index contributed by atoms with van der Waals surface area (Å²) in [5.74, 6) is 1.48. The third kappa shape index (κ3) is 3.07. The lowest BCUT2D eigenvalue weighted by Crippen LogP contribution is -2.21. The molecule has 1 heterocycles. The first-order chi connectivity index (χ1) is 10.6. The second-order valence-electron chi connectivity index (χ2n) is 7.12. The number of allylic oxidation sites excluding steroid dienone is 1. The summed E-state index contributed by atoms with van der Waals surface area (Å²) in [6.07, 6.45) is 5.31. The Balaban J connectivity index is 0.00000156. The normalized spacial score (nSPS) is 23.7. The summed E-state index contributed by atoms with van der Waals surface area (Å²) in [5, 5.41) is 3.50. The lowest BCUT2D eigenvalue weighted by atomic mass is 9.79. The average Bonchev–Trinajstić information content (AvgIpc) is 3.03. The van der Waals surface area contributed by atoms with Crippen molar-refractivity contribution in [1.82, 2.24) is 4.90 Å². The van der Waals surface area contributed by atoms with E-state index >= 15 is 0 Å². The van der Waals surface area contributed by atoms with Crippen molar-refractivity contribution < 1.29 is 4.39 Å². The first-order valence-electron chi connectivity index (χ1n) is 8.15. The van der Waals surface area contributed by atoms with E-state index in [9.17, 15) is 4.39 Å². The van der Waals surface area contributed by atoms with Crippen LogP contribution in [0.5, 0.6) is 0 Å². The van der Waals surface area contributed by atoms with Crippen LogP contribution < -0.4 is 0 Å². The van der Waals surface area contributed by atoms with Crippen molar-refractivity contribution in [1.29, 1.82) is 0 Å². The Morgan fingerprint density at radius 1 is 1.26 bits per heavy atom. The number of halogens is 2. The zero-order valence-corrected chi connectivity index (χ0v) is 15.3. The summed E-state index contributed by atoms with van der Waals surface area (Å²) in [4.78, 5) is 2.29. The van der Waals surface area contributed by atoms with Crippen molar-refractivity contribution in [3.63, 3.8) is 0 Å². The summed E-state index contributed by atoms with van der Waals surface area (Å²) in [6.45, 7) is 1.06. The van der Waals surface area contributed by atoms with Crippen molar-refractivity contribution in [2.75, 3.05) is 20.6 Å². The lowest BCUT2D eigenvalue weighted by Gasteiger charge is -2.28. The van der Waals surface area contributed by atoms with E-state index in [-0.39, 0.29) is 18.2 Å². The largest absolute Gasteiger partial charge is 0.305 e. The van der Waals surface area contributed by atoms with Gasteiger partial charge >= 0.3 is 0 Å². The minimum Gasteiger partial charge on any atom is -0.305 e. The van der Waals surface area contributed by atoms with Crippen LogP contribution in [0.3, 0.4) is 0 Å². The molecule has 1 nitrogen and oxygen atoms in total. The second kappa shape index (κ2) is 6.54. The van der Waals surface area contributed by atoms with Gasteiger partial charge in [0.05, 0.1) is 0 Å². The summed E-state index contributed by atoms with van der Waals surface area (Å²) < 4.78 is 14.6. The highest BCUT2D eigenvalue weighted by atomic mass is 35.5. The first-order valence-corrected chi connectivity index (χ1v) is 9.03. The van der Waals surface area contributed by atoms with Crippen molar-refractivity contribution >= 4 is 39.4 Å². The minimum absolute atomic E-state index is 0. The molecule has 2 aliphatic carbocycles. The van der Waals surface area contributed by atoms with E-state index < -0.39 is 0 Å². The number of fused-ring (bicyclic) bond motifs is 3. The molecule has 4 rings (SSSR count). The Bertz CT molecular complexity index is 749. The number of benzene rings is 1. The Morgan fingerprint density at radius 2 is 2.09 bits per heavy atom. The average molecular weight is 352 g/mol. The maximum atomic E-state index is 13.5. The molecule has 1 saturated carbocycles. The molecular weight excluding hydrogens is 329 g/mol. The van der Waals surface area contributed by atoms with Crippen LogP contribution in [-0.2, 0) is 0 Å². The monoisotopic (exact) mass is 351 g/mol. The number of thiophene rings is 1. The van der Waals surface area contributed by atoms with Crippen molar-refractivity contribution in [3.05, 3.63) is 40.5 Å². The molecule has 1 fully saturated rings. The topological polar surface area (TPSA) is 3.24 Å². The van der Waals surface area contributed by atoms with Crippen LogP contribution >= 0.6 is 23.7 Å². The molecule has 2 aromatic rings. The fraction of sp³-hybridized carbons (Fsp3) is 0.474. The lowest BCUT2D eigenvalue weighted by molar-refractivity contribution is 0.413. The maximum Gasteiger partial charge on any atom is 0.124 e. The van der Waals surface area contributed by atoms with Crippen molar-refractivity contribution in [2.45, 2.75) is 25.7 Å². The number of rotatable bonds is 3. The van der Waals surface area contributed by atoms with Crippen molar-refractivity contribution in [3.8, 4) is 0 Å². The fourth-order valence-corrected chi connectivity index (χ4v) is 5.41. The quantitative estimate of drug-likeness (QED) is 0.696. The summed E-state index contributed by atoms with van der Waals surface area (Å²) >= 11 is 1.68. The SMILES string of the molecule is CN(C)CC1=C(c2csc3cc(F)ccc23)[C@@H]2CC[C@@H](C1)C2.Cl. The van der Waals surface area contributed by atoms with E-state index in [0.717, 1.165) is 23.1 Å². The van der Waals surface area contributed by atoms with E-state index in [1.54, 1.807) is 34.6 Å². The fourth-order valence-electron chi connectivity index (χ4n) is 4.42. The Kier molecular flexibility index (Phi) is 4.82. The molecule has 0 unspecified atom stereocenters. The molecule has 0 aliphatic heterocycles. The first kappa shape index (κ1) is 16.9. The van der Waals surface area contributed by atoms with Gasteiger partial charge in [-0.15, -0.1) is 23.7 Å². The van der Waals surface area contributed by atoms with E-state index in [4.69, 9.17) is 0 Å². The van der Waals surface area contributed by atoms with Gasteiger partial charge in [0.25, 0.3) is 0 Å². The standard InChI is InChI=1S/C19H22FNS.ClH/c1-21(2)10-14-8-12-3-4-13(7-12)19(14)17-11-22-18-9-15(20)5-6-16(17)18;/h5-6,9,11-13H,3-4,7-8,10H2,1-2H3;1H/t12-,13-;/m1./s1. The summed E-state index contributed by atoms with van der Waals surface area (Å²) in [5.41, 5.74) is 4.58. The van der Waals surface area contributed by atoms with Gasteiger partial charge in [-0.1, -0.05) is 11.6 Å². The molecule has 0 spiro atoms. The van der Waals surface area contributed by atoms with E-state index in [1.807, 2.05) is 6.07 Å². The van der Waals surface area contributed by atoms with Crippen LogP contribution in [0.15, 0.2) is 29.2 Å². The molecule has 0 amide bonds. The Morgan fingerprint density at radius 3 is 2.87 bits per heavy atom. The van der Waals surface area contributed by atoms with Crippen LogP contribution in [0, 0.1) is 17.7 Å². The van der Waals surface area contributed by atoms with E-state index in [1.165, 1.54) is 36.6 Å². The zero-order chi connectivity index (χ0) is 15.3. The highest BCUT2D eigenvalue weighted by Gasteiger charge is 2.35. The van der Waals surface area contributed by atoms with Crippen LogP contribution in [0.1, 0.15) is 31.2 Å². The van der Waals surface area contributed by atoms with Crippen molar-refractivity contribution in [2.24, 2.45) is 11.8 Å². The van der Waals surface area contributed by atoms with Crippen LogP contribution in [-0.4, -0.2) is 25.5 Å². The van der Waals surface area contributed by atoms with Crippen LogP contribution in [0.25, 0.3) is 15.7 Å². The van der Waals surface area contributed by atoms with Gasteiger partial charge in [-0.05, 0) is 80.3 Å². The Hall–Kier alpha value is -0.900. The van der Waals surface area contributed by atoms with Crippen LogP contribution in [0.2, 0.25) is 0 Å². The molecule has 0 saturated heterocycles. The van der Waals surface area contributed by atoms with Crippen LogP contribution in [0.4, 0.5) is 4.39 Å². The molecule has 124 valence electrons. The van der Waals surface area contributed by atoms with E-state index in [2.05, 4.69) is 24.4 Å². The number of likely N-dealkylation sites (N-methyl/N-ethyl adjacent to an activating group) is 1. The van der Waals surface area contributed by atoms with Gasteiger partial charge in [-0.25, -0.2) is 4.39 Å². The van der Waals surface area contributed by atoms with Gasteiger partial charge in [-0.3, -0.25) is 0 Å². The molecular formula is C19H23ClFNS. The minimum atomic E-state index is -0.132. The zero-order valence-electron chi connectivity index (χ0n) is 13.6. The van der Waals surface area contributed by atoms with Gasteiger partial charge in [0, 0.05) is 16.6 Å². The predicted molar refractivity (Wildman–Crippen MR) is 100.0 cm³/mol. The molecule has 2 bridgehead atoms. The Labute approximate surface area is 147 Å². The predicted octanol–water partition coefficient (Wildman–Crippen LogP) is 5.60. The molecule has 23 heavy (non-hydrogen) atoms. The van der Waals surface area contributed by atoms with Gasteiger partial charge in [0.2, 0.25) is 0 Å². The highest BCUT2D eigenvalue weighted by molar-refractivity contribution is 7.17. The smallest absolute Gasteiger partial charge is 0.124 e.